The molecular formula is C16H14ClFN2O2S. The average Bonchev–Trinajstić information content (AvgIpc) is 3.20. The fourth-order valence-corrected chi connectivity index (χ4v) is 3.47. The van der Waals surface area contributed by atoms with Crippen LogP contribution >= 0.6 is 22.9 Å². The number of halogens is 2. The van der Waals surface area contributed by atoms with Crippen LogP contribution in [-0.4, -0.2) is 29.3 Å². The van der Waals surface area contributed by atoms with Crippen LogP contribution in [0.4, 0.5) is 10.1 Å². The van der Waals surface area contributed by atoms with Crippen LogP contribution in [0.2, 0.25) is 5.02 Å². The normalized spacial score (nSPS) is 17.3. The van der Waals surface area contributed by atoms with Crippen molar-refractivity contribution in [2.45, 2.75) is 18.9 Å². The summed E-state index contributed by atoms with van der Waals surface area (Å²) in [7, 11) is 0. The molecule has 2 amide bonds. The van der Waals surface area contributed by atoms with Crippen LogP contribution < -0.4 is 5.32 Å². The van der Waals surface area contributed by atoms with E-state index in [2.05, 4.69) is 5.32 Å². The van der Waals surface area contributed by atoms with E-state index in [1.54, 1.807) is 17.0 Å². The number of hydrogen-bond donors (Lipinski definition) is 1. The fraction of sp³-hybridized carbons (Fsp3) is 0.250. The van der Waals surface area contributed by atoms with Crippen LogP contribution in [0.1, 0.15) is 22.5 Å². The SMILES string of the molecule is O=C(Nc1ccc(Cl)cc1F)[C@@H]1CCCN1C(=O)c1cccs1. The summed E-state index contributed by atoms with van der Waals surface area (Å²) in [4.78, 5) is 27.0. The third-order valence-corrected chi connectivity index (χ3v) is 4.83. The number of nitrogens with one attached hydrogen (secondary N) is 1. The summed E-state index contributed by atoms with van der Waals surface area (Å²) in [5.41, 5.74) is 0.0647. The summed E-state index contributed by atoms with van der Waals surface area (Å²) in [6.07, 6.45) is 1.32. The van der Waals surface area contributed by atoms with Crippen LogP contribution in [0.5, 0.6) is 0 Å². The van der Waals surface area contributed by atoms with Crippen molar-refractivity contribution in [1.29, 1.82) is 0 Å². The standard InChI is InChI=1S/C16H14ClFN2O2S/c17-10-5-6-12(11(18)9-10)19-15(21)13-3-1-7-20(13)16(22)14-4-2-8-23-14/h2,4-6,8-9,13H,1,3,7H2,(H,19,21)/t13-/m0/s1. The number of nitrogens with zero attached hydrogens (tertiary/aromatic N) is 1. The number of anilines is 1. The molecule has 1 atom stereocenters. The zero-order valence-corrected chi connectivity index (χ0v) is 13.7. The van der Waals surface area contributed by atoms with E-state index in [4.69, 9.17) is 11.6 Å². The zero-order valence-electron chi connectivity index (χ0n) is 12.1. The van der Waals surface area contributed by atoms with Crippen molar-refractivity contribution >= 4 is 40.4 Å². The van der Waals surface area contributed by atoms with Crippen LogP contribution in [0.25, 0.3) is 0 Å². The molecule has 23 heavy (non-hydrogen) atoms. The van der Waals surface area contributed by atoms with Gasteiger partial charge in [0.25, 0.3) is 5.91 Å². The smallest absolute Gasteiger partial charge is 0.264 e. The van der Waals surface area contributed by atoms with Gasteiger partial charge in [0.05, 0.1) is 10.6 Å². The van der Waals surface area contributed by atoms with E-state index in [1.165, 1.54) is 23.5 Å². The van der Waals surface area contributed by atoms with E-state index in [1.807, 2.05) is 5.38 Å². The largest absolute Gasteiger partial charge is 0.326 e. The van der Waals surface area contributed by atoms with E-state index in [0.29, 0.717) is 17.8 Å². The lowest BCUT2D eigenvalue weighted by Gasteiger charge is -2.23. The Kier molecular flexibility index (Phi) is 4.63. The maximum absolute atomic E-state index is 13.8. The van der Waals surface area contributed by atoms with Gasteiger partial charge in [-0.15, -0.1) is 11.3 Å². The highest BCUT2D eigenvalue weighted by molar-refractivity contribution is 7.12. The summed E-state index contributed by atoms with van der Waals surface area (Å²) in [6, 6.07) is 7.00. The third kappa shape index (κ3) is 3.38. The number of amides is 2. The van der Waals surface area contributed by atoms with Crippen molar-refractivity contribution in [3.8, 4) is 0 Å². The van der Waals surface area contributed by atoms with Crippen molar-refractivity contribution in [2.24, 2.45) is 0 Å². The van der Waals surface area contributed by atoms with E-state index in [9.17, 15) is 14.0 Å². The van der Waals surface area contributed by atoms with Crippen LogP contribution in [0, 0.1) is 5.82 Å². The van der Waals surface area contributed by atoms with Gasteiger partial charge in [0, 0.05) is 11.6 Å². The first-order valence-corrected chi connectivity index (χ1v) is 8.42. The minimum Gasteiger partial charge on any atom is -0.326 e. The van der Waals surface area contributed by atoms with Gasteiger partial charge in [-0.1, -0.05) is 17.7 Å². The number of likely N-dealkylation sites (tertiary alicyclic amines) is 1. The minimum absolute atomic E-state index is 0.0647. The predicted molar refractivity (Wildman–Crippen MR) is 88.4 cm³/mol. The van der Waals surface area contributed by atoms with Gasteiger partial charge in [0.15, 0.2) is 0 Å². The highest BCUT2D eigenvalue weighted by atomic mass is 35.5. The van der Waals surface area contributed by atoms with E-state index < -0.39 is 11.9 Å². The fourth-order valence-electron chi connectivity index (χ4n) is 2.63. The summed E-state index contributed by atoms with van der Waals surface area (Å²) in [5, 5.41) is 4.63. The Bertz CT molecular complexity index is 736. The van der Waals surface area contributed by atoms with Crippen LogP contribution in [-0.2, 0) is 4.79 Å². The Morgan fingerprint density at radius 2 is 2.17 bits per heavy atom. The maximum atomic E-state index is 13.8. The molecule has 0 aliphatic carbocycles. The number of rotatable bonds is 3. The molecule has 0 saturated carbocycles. The molecule has 1 aromatic carbocycles. The maximum Gasteiger partial charge on any atom is 0.264 e. The number of thiophene rings is 1. The Morgan fingerprint density at radius 1 is 1.35 bits per heavy atom. The molecule has 0 spiro atoms. The average molecular weight is 353 g/mol. The van der Waals surface area contributed by atoms with Gasteiger partial charge in [0.2, 0.25) is 5.91 Å². The molecule has 4 nitrogen and oxygen atoms in total. The zero-order chi connectivity index (χ0) is 16.4. The Morgan fingerprint density at radius 3 is 2.87 bits per heavy atom. The van der Waals surface area contributed by atoms with E-state index >= 15 is 0 Å². The molecule has 2 aromatic rings. The second-order valence-corrected chi connectivity index (χ2v) is 6.63. The quantitative estimate of drug-likeness (QED) is 0.913. The van der Waals surface area contributed by atoms with Gasteiger partial charge in [-0.3, -0.25) is 9.59 Å². The molecule has 120 valence electrons. The summed E-state index contributed by atoms with van der Waals surface area (Å²) < 4.78 is 13.8. The molecule has 1 N–H and O–H groups in total. The van der Waals surface area contributed by atoms with Crippen LogP contribution in [0.15, 0.2) is 35.7 Å². The van der Waals surface area contributed by atoms with E-state index in [-0.39, 0.29) is 22.5 Å². The van der Waals surface area contributed by atoms with Crippen molar-refractivity contribution < 1.29 is 14.0 Å². The molecule has 0 radical (unpaired) electrons. The summed E-state index contributed by atoms with van der Waals surface area (Å²) >= 11 is 7.04. The molecular weight excluding hydrogens is 339 g/mol. The lowest BCUT2D eigenvalue weighted by atomic mass is 10.2. The van der Waals surface area contributed by atoms with Gasteiger partial charge in [-0.2, -0.15) is 0 Å². The highest BCUT2D eigenvalue weighted by Crippen LogP contribution is 2.25. The number of hydrogen-bond acceptors (Lipinski definition) is 3. The van der Waals surface area contributed by atoms with Crippen molar-refractivity contribution in [2.75, 3.05) is 11.9 Å². The monoisotopic (exact) mass is 352 g/mol. The van der Waals surface area contributed by atoms with Gasteiger partial charge in [-0.05, 0) is 42.5 Å². The molecule has 3 rings (SSSR count). The topological polar surface area (TPSA) is 49.4 Å². The molecule has 2 heterocycles. The second-order valence-electron chi connectivity index (χ2n) is 5.25. The lowest BCUT2D eigenvalue weighted by Crippen LogP contribution is -2.43. The molecule has 1 aliphatic heterocycles. The van der Waals surface area contributed by atoms with E-state index in [0.717, 1.165) is 12.5 Å². The molecule has 1 fully saturated rings. The number of benzene rings is 1. The van der Waals surface area contributed by atoms with Crippen LogP contribution in [0.3, 0.4) is 0 Å². The molecule has 1 aliphatic rings. The molecule has 1 aromatic heterocycles. The first-order valence-electron chi connectivity index (χ1n) is 7.16. The van der Waals surface area contributed by atoms with Gasteiger partial charge in [-0.25, -0.2) is 4.39 Å². The molecule has 0 bridgehead atoms. The molecule has 0 unspecified atom stereocenters. The lowest BCUT2D eigenvalue weighted by molar-refractivity contribution is -0.119. The van der Waals surface area contributed by atoms with Crippen molar-refractivity contribution in [3.05, 3.63) is 51.4 Å². The van der Waals surface area contributed by atoms with Gasteiger partial charge in [0.1, 0.15) is 11.9 Å². The number of carbonyl (C=O) groups is 2. The Hall–Kier alpha value is -1.92. The first-order chi connectivity index (χ1) is 11.1. The van der Waals surface area contributed by atoms with Gasteiger partial charge >= 0.3 is 0 Å². The summed E-state index contributed by atoms with van der Waals surface area (Å²) in [5.74, 6) is -1.14. The summed E-state index contributed by atoms with van der Waals surface area (Å²) in [6.45, 7) is 0.526. The Labute approximate surface area is 141 Å². The number of carbonyl (C=O) groups excluding carboxylic acids is 2. The molecule has 7 heteroatoms. The van der Waals surface area contributed by atoms with Crippen molar-refractivity contribution in [1.82, 2.24) is 4.90 Å². The highest BCUT2D eigenvalue weighted by Gasteiger charge is 2.35. The minimum atomic E-state index is -0.597. The Balaban J connectivity index is 1.74. The van der Waals surface area contributed by atoms with Crippen molar-refractivity contribution in [3.63, 3.8) is 0 Å². The van der Waals surface area contributed by atoms with Gasteiger partial charge < -0.3 is 10.2 Å². The molecule has 1 saturated heterocycles. The second kappa shape index (κ2) is 6.68. The predicted octanol–water partition coefficient (Wildman–Crippen LogP) is 3.78. The third-order valence-electron chi connectivity index (χ3n) is 3.74. The first kappa shape index (κ1) is 16.0.